The van der Waals surface area contributed by atoms with Crippen LogP contribution in [0.2, 0.25) is 0 Å². The summed E-state index contributed by atoms with van der Waals surface area (Å²) in [5.41, 5.74) is 0. The van der Waals surface area contributed by atoms with Crippen LogP contribution >= 0.6 is 0 Å². The fourth-order valence-electron chi connectivity index (χ4n) is 4.05. The largest absolute Gasteiger partial charge is 0.314 e. The Morgan fingerprint density at radius 1 is 1.11 bits per heavy atom. The molecule has 3 nitrogen and oxygen atoms in total. The van der Waals surface area contributed by atoms with E-state index in [1.54, 1.807) is 0 Å². The van der Waals surface area contributed by atoms with Crippen molar-refractivity contribution in [3.05, 3.63) is 0 Å². The zero-order valence-corrected chi connectivity index (χ0v) is 11.9. The van der Waals surface area contributed by atoms with Gasteiger partial charge in [0.05, 0.1) is 0 Å². The van der Waals surface area contributed by atoms with Crippen LogP contribution in [0.25, 0.3) is 0 Å². The lowest BCUT2D eigenvalue weighted by Gasteiger charge is -2.47. The van der Waals surface area contributed by atoms with E-state index >= 15 is 0 Å². The van der Waals surface area contributed by atoms with Crippen molar-refractivity contribution < 1.29 is 0 Å². The van der Waals surface area contributed by atoms with E-state index in [-0.39, 0.29) is 0 Å². The molecule has 3 fully saturated rings. The van der Waals surface area contributed by atoms with E-state index < -0.39 is 0 Å². The van der Waals surface area contributed by atoms with Gasteiger partial charge in [0.2, 0.25) is 0 Å². The van der Waals surface area contributed by atoms with Crippen LogP contribution < -0.4 is 5.32 Å². The lowest BCUT2D eigenvalue weighted by Crippen LogP contribution is -2.58. The molecule has 3 heterocycles. The second-order valence-electron chi connectivity index (χ2n) is 6.57. The van der Waals surface area contributed by atoms with Gasteiger partial charge in [0, 0.05) is 37.8 Å². The molecule has 3 saturated heterocycles. The lowest BCUT2D eigenvalue weighted by atomic mass is 9.97. The molecule has 1 N–H and O–H groups in total. The molecule has 0 amide bonds. The third kappa shape index (κ3) is 2.89. The summed E-state index contributed by atoms with van der Waals surface area (Å²) in [6.07, 6.45) is 8.46. The monoisotopic (exact) mass is 251 g/mol. The first kappa shape index (κ1) is 12.9. The minimum Gasteiger partial charge on any atom is -0.314 e. The lowest BCUT2D eigenvalue weighted by molar-refractivity contribution is 0.0139. The van der Waals surface area contributed by atoms with Crippen LogP contribution in [0, 0.1) is 0 Å². The zero-order chi connectivity index (χ0) is 12.4. The van der Waals surface area contributed by atoms with Crippen LogP contribution in [0.1, 0.15) is 45.4 Å². The molecule has 0 aromatic heterocycles. The molecule has 3 unspecified atom stereocenters. The van der Waals surface area contributed by atoms with E-state index in [2.05, 4.69) is 22.0 Å². The smallest absolute Gasteiger partial charge is 0.0223 e. The molecule has 3 rings (SSSR count). The number of nitrogens with zero attached hydrogens (tertiary/aromatic N) is 2. The summed E-state index contributed by atoms with van der Waals surface area (Å²) in [4.78, 5) is 5.50. The first-order chi connectivity index (χ1) is 8.83. The normalized spacial score (nSPS) is 38.8. The molecule has 3 aliphatic rings. The van der Waals surface area contributed by atoms with E-state index in [0.29, 0.717) is 0 Å². The maximum Gasteiger partial charge on any atom is 0.0223 e. The Morgan fingerprint density at radius 2 is 2.06 bits per heavy atom. The first-order valence-electron chi connectivity index (χ1n) is 8.04. The van der Waals surface area contributed by atoms with Gasteiger partial charge in [-0.1, -0.05) is 6.42 Å². The van der Waals surface area contributed by atoms with Gasteiger partial charge in [-0.25, -0.2) is 0 Å². The van der Waals surface area contributed by atoms with E-state index in [0.717, 1.165) is 18.1 Å². The molecule has 3 heteroatoms. The predicted octanol–water partition coefficient (Wildman–Crippen LogP) is 1.69. The molecule has 0 radical (unpaired) electrons. The van der Waals surface area contributed by atoms with Crippen molar-refractivity contribution in [3.63, 3.8) is 0 Å². The number of piperidine rings is 1. The summed E-state index contributed by atoms with van der Waals surface area (Å²) in [7, 11) is 0. The van der Waals surface area contributed by atoms with Crippen molar-refractivity contribution in [2.75, 3.05) is 32.7 Å². The molecule has 0 aliphatic carbocycles. The molecule has 0 bridgehead atoms. The zero-order valence-electron chi connectivity index (χ0n) is 11.9. The summed E-state index contributed by atoms with van der Waals surface area (Å²) in [6.45, 7) is 8.97. The number of hydrogen-bond acceptors (Lipinski definition) is 3. The standard InChI is InChI=1S/C15H29N3/c1-13-11-18-9-3-2-6-15(18)12-17(13)10-7-14-5-4-8-16-14/h13-16H,2-12H2,1H3. The fraction of sp³-hybridized carbons (Fsp3) is 1.00. The summed E-state index contributed by atoms with van der Waals surface area (Å²) in [5, 5.41) is 3.63. The quantitative estimate of drug-likeness (QED) is 0.823. The van der Waals surface area contributed by atoms with Crippen LogP contribution in [0.3, 0.4) is 0 Å². The molecule has 0 saturated carbocycles. The third-order valence-electron chi connectivity index (χ3n) is 5.24. The van der Waals surface area contributed by atoms with Crippen LogP contribution in [0.15, 0.2) is 0 Å². The highest BCUT2D eigenvalue weighted by atomic mass is 15.3. The molecule has 0 aromatic rings. The SMILES string of the molecule is CC1CN2CCCCC2CN1CCC1CCCN1. The number of nitrogens with one attached hydrogen (secondary N) is 1. The molecular formula is C15H29N3. The minimum absolute atomic E-state index is 0.765. The molecule has 3 aliphatic heterocycles. The molecular weight excluding hydrogens is 222 g/mol. The Labute approximate surface area is 112 Å². The minimum atomic E-state index is 0.765. The molecule has 0 aromatic carbocycles. The Morgan fingerprint density at radius 3 is 2.89 bits per heavy atom. The highest BCUT2D eigenvalue weighted by molar-refractivity contribution is 4.89. The van der Waals surface area contributed by atoms with Crippen LogP contribution in [-0.2, 0) is 0 Å². The highest BCUT2D eigenvalue weighted by Crippen LogP contribution is 2.24. The number of hydrogen-bond donors (Lipinski definition) is 1. The van der Waals surface area contributed by atoms with Gasteiger partial charge in [-0.15, -0.1) is 0 Å². The molecule has 18 heavy (non-hydrogen) atoms. The number of rotatable bonds is 3. The first-order valence-corrected chi connectivity index (χ1v) is 8.04. The average Bonchev–Trinajstić information content (AvgIpc) is 2.89. The van der Waals surface area contributed by atoms with E-state index in [9.17, 15) is 0 Å². The van der Waals surface area contributed by atoms with Crippen LogP contribution in [0.4, 0.5) is 0 Å². The van der Waals surface area contributed by atoms with Crippen LogP contribution in [0.5, 0.6) is 0 Å². The van der Waals surface area contributed by atoms with Gasteiger partial charge in [0.25, 0.3) is 0 Å². The van der Waals surface area contributed by atoms with Crippen molar-refractivity contribution in [2.45, 2.75) is 63.6 Å². The van der Waals surface area contributed by atoms with E-state index in [4.69, 9.17) is 0 Å². The second kappa shape index (κ2) is 5.89. The van der Waals surface area contributed by atoms with Gasteiger partial charge in [0.15, 0.2) is 0 Å². The van der Waals surface area contributed by atoms with Crippen molar-refractivity contribution in [1.29, 1.82) is 0 Å². The topological polar surface area (TPSA) is 18.5 Å². The Bertz CT molecular complexity index is 262. The summed E-state index contributed by atoms with van der Waals surface area (Å²) in [6, 6.07) is 2.44. The Hall–Kier alpha value is -0.120. The van der Waals surface area contributed by atoms with Crippen molar-refractivity contribution >= 4 is 0 Å². The molecule has 3 atom stereocenters. The van der Waals surface area contributed by atoms with Crippen molar-refractivity contribution in [1.82, 2.24) is 15.1 Å². The van der Waals surface area contributed by atoms with Crippen LogP contribution in [-0.4, -0.2) is 60.6 Å². The fourth-order valence-corrected chi connectivity index (χ4v) is 4.05. The Kier molecular flexibility index (Phi) is 4.22. The Balaban J connectivity index is 1.49. The van der Waals surface area contributed by atoms with Gasteiger partial charge in [-0.2, -0.15) is 0 Å². The van der Waals surface area contributed by atoms with Crippen molar-refractivity contribution in [3.8, 4) is 0 Å². The van der Waals surface area contributed by atoms with Gasteiger partial charge >= 0.3 is 0 Å². The average molecular weight is 251 g/mol. The number of fused-ring (bicyclic) bond motifs is 1. The van der Waals surface area contributed by atoms with Gasteiger partial charge in [-0.3, -0.25) is 9.80 Å². The summed E-state index contributed by atoms with van der Waals surface area (Å²) < 4.78 is 0. The predicted molar refractivity (Wildman–Crippen MR) is 75.9 cm³/mol. The molecule has 0 spiro atoms. The maximum absolute atomic E-state index is 3.63. The van der Waals surface area contributed by atoms with Gasteiger partial charge in [-0.05, 0) is 52.1 Å². The highest BCUT2D eigenvalue weighted by Gasteiger charge is 2.32. The maximum atomic E-state index is 3.63. The summed E-state index contributed by atoms with van der Waals surface area (Å²) >= 11 is 0. The van der Waals surface area contributed by atoms with E-state index in [1.165, 1.54) is 71.2 Å². The van der Waals surface area contributed by atoms with Gasteiger partial charge < -0.3 is 5.32 Å². The van der Waals surface area contributed by atoms with Crippen molar-refractivity contribution in [2.24, 2.45) is 0 Å². The second-order valence-corrected chi connectivity index (χ2v) is 6.57. The van der Waals surface area contributed by atoms with Gasteiger partial charge in [0.1, 0.15) is 0 Å². The molecule has 104 valence electrons. The van der Waals surface area contributed by atoms with E-state index in [1.807, 2.05) is 0 Å². The number of piperazine rings is 1. The summed E-state index contributed by atoms with van der Waals surface area (Å²) in [5.74, 6) is 0. The third-order valence-corrected chi connectivity index (χ3v) is 5.24.